The van der Waals surface area contributed by atoms with Gasteiger partial charge in [0, 0.05) is 37.4 Å². The van der Waals surface area contributed by atoms with E-state index < -0.39 is 0 Å². The molecule has 160 valence electrons. The molecule has 8 heteroatoms. The number of piperazine rings is 1. The second kappa shape index (κ2) is 8.59. The Labute approximate surface area is 180 Å². The summed E-state index contributed by atoms with van der Waals surface area (Å²) >= 11 is 0. The lowest BCUT2D eigenvalue weighted by atomic mass is 10.1. The van der Waals surface area contributed by atoms with Crippen LogP contribution in [0.1, 0.15) is 39.1 Å². The number of amides is 4. The average Bonchev–Trinajstić information content (AvgIpc) is 2.98. The average molecular weight is 420 g/mol. The number of aryl methyl sites for hydroxylation is 1. The number of hydrogen-bond donors (Lipinski definition) is 2. The molecule has 31 heavy (non-hydrogen) atoms. The zero-order valence-corrected chi connectivity index (χ0v) is 17.3. The van der Waals surface area contributed by atoms with Crippen molar-refractivity contribution in [2.75, 3.05) is 36.4 Å². The molecule has 2 N–H and O–H groups in total. The van der Waals surface area contributed by atoms with Gasteiger partial charge in [-0.15, -0.1) is 0 Å². The quantitative estimate of drug-likeness (QED) is 0.696. The summed E-state index contributed by atoms with van der Waals surface area (Å²) in [6.45, 7) is 3.76. The van der Waals surface area contributed by atoms with Gasteiger partial charge in [0.25, 0.3) is 11.8 Å². The van der Waals surface area contributed by atoms with Crippen molar-refractivity contribution in [1.82, 2.24) is 10.2 Å². The van der Waals surface area contributed by atoms with Gasteiger partial charge >= 0.3 is 0 Å². The Morgan fingerprint density at radius 3 is 2.52 bits per heavy atom. The molecular weight excluding hydrogens is 396 g/mol. The number of carbonyl (C=O) groups excluding carboxylic acids is 4. The van der Waals surface area contributed by atoms with Gasteiger partial charge in [0.05, 0.1) is 17.7 Å². The zero-order valence-electron chi connectivity index (χ0n) is 17.3. The lowest BCUT2D eigenvalue weighted by molar-refractivity contribution is -0.120. The Morgan fingerprint density at radius 1 is 1.03 bits per heavy atom. The third kappa shape index (κ3) is 4.42. The summed E-state index contributed by atoms with van der Waals surface area (Å²) < 4.78 is 0. The minimum Gasteiger partial charge on any atom is -0.360 e. The standard InChI is InChI=1S/C23H24N4O4/c1-15-4-9-18-19(13-15)23(31)27(22(18)30)11-2-3-20(28)25-16-5-7-17(8-6-16)26-12-10-24-21(29)14-26/h4-9,13H,2-3,10-12,14H2,1H3,(H,24,29)(H,25,28). The second-order valence-electron chi connectivity index (χ2n) is 7.78. The molecule has 1 saturated heterocycles. The fourth-order valence-electron chi connectivity index (χ4n) is 3.84. The SMILES string of the molecule is Cc1ccc2c(c1)C(=O)N(CCCC(=O)Nc1ccc(N3CCNC(=O)C3)cc1)C2=O. The summed E-state index contributed by atoms with van der Waals surface area (Å²) in [5, 5.41) is 5.62. The van der Waals surface area contributed by atoms with Crippen molar-refractivity contribution in [1.29, 1.82) is 0 Å². The summed E-state index contributed by atoms with van der Waals surface area (Å²) in [7, 11) is 0. The van der Waals surface area contributed by atoms with Crippen LogP contribution in [0.5, 0.6) is 0 Å². The van der Waals surface area contributed by atoms with Gasteiger partial charge in [-0.05, 0) is 49.7 Å². The van der Waals surface area contributed by atoms with E-state index >= 15 is 0 Å². The predicted molar refractivity (Wildman–Crippen MR) is 116 cm³/mol. The van der Waals surface area contributed by atoms with Crippen LogP contribution in [0.15, 0.2) is 42.5 Å². The molecule has 2 aromatic carbocycles. The van der Waals surface area contributed by atoms with Crippen LogP contribution in [0, 0.1) is 6.92 Å². The number of hydrogen-bond acceptors (Lipinski definition) is 5. The van der Waals surface area contributed by atoms with Crippen molar-refractivity contribution in [3.8, 4) is 0 Å². The molecule has 0 atom stereocenters. The summed E-state index contributed by atoms with van der Waals surface area (Å²) in [5.41, 5.74) is 3.36. The van der Waals surface area contributed by atoms with E-state index in [2.05, 4.69) is 10.6 Å². The first-order valence-corrected chi connectivity index (χ1v) is 10.3. The van der Waals surface area contributed by atoms with Gasteiger partial charge in [0.1, 0.15) is 0 Å². The van der Waals surface area contributed by atoms with Crippen LogP contribution in [0.25, 0.3) is 0 Å². The van der Waals surface area contributed by atoms with Gasteiger partial charge in [-0.25, -0.2) is 0 Å². The number of benzene rings is 2. The predicted octanol–water partition coefficient (Wildman–Crippen LogP) is 1.95. The third-order valence-electron chi connectivity index (χ3n) is 5.47. The van der Waals surface area contributed by atoms with Crippen molar-refractivity contribution in [3.05, 3.63) is 59.2 Å². The van der Waals surface area contributed by atoms with Crippen molar-refractivity contribution in [2.45, 2.75) is 19.8 Å². The summed E-state index contributed by atoms with van der Waals surface area (Å²) in [5.74, 6) is -0.789. The van der Waals surface area contributed by atoms with Crippen LogP contribution in [0.2, 0.25) is 0 Å². The number of fused-ring (bicyclic) bond motifs is 1. The molecule has 0 aromatic heterocycles. The van der Waals surface area contributed by atoms with Crippen LogP contribution < -0.4 is 15.5 Å². The first-order chi connectivity index (χ1) is 14.9. The van der Waals surface area contributed by atoms with E-state index in [4.69, 9.17) is 0 Å². The number of imide groups is 1. The van der Waals surface area contributed by atoms with Gasteiger partial charge in [0.2, 0.25) is 11.8 Å². The minimum absolute atomic E-state index is 0.00294. The molecule has 4 rings (SSSR count). The Morgan fingerprint density at radius 2 is 1.77 bits per heavy atom. The molecule has 1 fully saturated rings. The summed E-state index contributed by atoms with van der Waals surface area (Å²) in [4.78, 5) is 51.9. The van der Waals surface area contributed by atoms with Crippen molar-refractivity contribution in [3.63, 3.8) is 0 Å². The topological polar surface area (TPSA) is 98.8 Å². The summed E-state index contributed by atoms with van der Waals surface area (Å²) in [6, 6.07) is 12.6. The first-order valence-electron chi connectivity index (χ1n) is 10.3. The zero-order chi connectivity index (χ0) is 22.0. The van der Waals surface area contributed by atoms with Crippen LogP contribution in [-0.4, -0.2) is 54.7 Å². The molecule has 0 spiro atoms. The Kier molecular flexibility index (Phi) is 5.70. The van der Waals surface area contributed by atoms with E-state index in [0.717, 1.165) is 17.8 Å². The van der Waals surface area contributed by atoms with E-state index in [1.54, 1.807) is 24.3 Å². The second-order valence-corrected chi connectivity index (χ2v) is 7.78. The molecule has 8 nitrogen and oxygen atoms in total. The first kappa shape index (κ1) is 20.6. The highest BCUT2D eigenvalue weighted by atomic mass is 16.2. The Balaban J connectivity index is 1.27. The molecule has 0 unspecified atom stereocenters. The maximum atomic E-state index is 12.5. The molecule has 0 aliphatic carbocycles. The van der Waals surface area contributed by atoms with Gasteiger partial charge in [-0.1, -0.05) is 11.6 Å². The highest BCUT2D eigenvalue weighted by molar-refractivity contribution is 6.21. The highest BCUT2D eigenvalue weighted by Gasteiger charge is 2.34. The van der Waals surface area contributed by atoms with Crippen molar-refractivity contribution < 1.29 is 19.2 Å². The lowest BCUT2D eigenvalue weighted by Crippen LogP contribution is -2.47. The molecule has 2 aliphatic heterocycles. The number of rotatable bonds is 6. The van der Waals surface area contributed by atoms with Crippen molar-refractivity contribution >= 4 is 35.0 Å². The van der Waals surface area contributed by atoms with E-state index in [-0.39, 0.29) is 36.6 Å². The summed E-state index contributed by atoms with van der Waals surface area (Å²) in [6.07, 6.45) is 0.581. The Bertz CT molecular complexity index is 1050. The minimum atomic E-state index is -0.303. The third-order valence-corrected chi connectivity index (χ3v) is 5.47. The molecule has 4 amide bonds. The van der Waals surface area contributed by atoms with Gasteiger partial charge in [0.15, 0.2) is 0 Å². The molecule has 2 heterocycles. The number of nitrogens with zero attached hydrogens (tertiary/aromatic N) is 2. The van der Waals surface area contributed by atoms with Crippen LogP contribution in [0.4, 0.5) is 11.4 Å². The van der Waals surface area contributed by atoms with Gasteiger partial charge < -0.3 is 15.5 Å². The smallest absolute Gasteiger partial charge is 0.261 e. The van der Waals surface area contributed by atoms with E-state index in [0.29, 0.717) is 36.3 Å². The number of nitrogens with one attached hydrogen (secondary N) is 2. The lowest BCUT2D eigenvalue weighted by Gasteiger charge is -2.28. The fraction of sp³-hybridized carbons (Fsp3) is 0.304. The van der Waals surface area contributed by atoms with Crippen LogP contribution in [0.3, 0.4) is 0 Å². The fourth-order valence-corrected chi connectivity index (χ4v) is 3.84. The molecule has 2 aliphatic rings. The maximum Gasteiger partial charge on any atom is 0.261 e. The van der Waals surface area contributed by atoms with Gasteiger partial charge in [-0.3, -0.25) is 24.1 Å². The number of carbonyl (C=O) groups is 4. The monoisotopic (exact) mass is 420 g/mol. The molecule has 0 bridgehead atoms. The van der Waals surface area contributed by atoms with Crippen molar-refractivity contribution in [2.24, 2.45) is 0 Å². The van der Waals surface area contributed by atoms with Crippen LogP contribution in [-0.2, 0) is 9.59 Å². The molecule has 2 aromatic rings. The molecule has 0 saturated carbocycles. The highest BCUT2D eigenvalue weighted by Crippen LogP contribution is 2.24. The maximum absolute atomic E-state index is 12.5. The Hall–Kier alpha value is -3.68. The molecular formula is C23H24N4O4. The van der Waals surface area contributed by atoms with E-state index in [1.165, 1.54) is 4.90 Å². The normalized spacial score (nSPS) is 15.7. The van der Waals surface area contributed by atoms with E-state index in [1.807, 2.05) is 30.0 Å². The van der Waals surface area contributed by atoms with Gasteiger partial charge in [-0.2, -0.15) is 0 Å². The number of anilines is 2. The van der Waals surface area contributed by atoms with Crippen LogP contribution >= 0.6 is 0 Å². The van der Waals surface area contributed by atoms with E-state index in [9.17, 15) is 19.2 Å². The largest absolute Gasteiger partial charge is 0.360 e. The molecule has 0 radical (unpaired) electrons.